The molecule has 1 aliphatic heterocycles. The Bertz CT molecular complexity index is 214. The van der Waals surface area contributed by atoms with E-state index in [9.17, 15) is 4.79 Å². The van der Waals surface area contributed by atoms with Gasteiger partial charge in [-0.05, 0) is 6.92 Å². The van der Waals surface area contributed by atoms with Gasteiger partial charge in [0.05, 0.1) is 5.88 Å². The third-order valence-corrected chi connectivity index (χ3v) is 2.31. The average Bonchev–Trinajstić information content (AvgIpc) is 2.55. The summed E-state index contributed by atoms with van der Waals surface area (Å²) in [6.45, 7) is 1.37. The molecule has 0 saturated carbocycles. The first kappa shape index (κ1) is 12.2. The van der Waals surface area contributed by atoms with Crippen molar-refractivity contribution in [3.63, 3.8) is 0 Å². The SMILES string of the molecule is C[C@@]1(CCl)OO[C@](CCl)(OCC=O)O1. The Morgan fingerprint density at radius 2 is 2.07 bits per heavy atom. The van der Waals surface area contributed by atoms with Crippen LogP contribution in [0.15, 0.2) is 0 Å². The van der Waals surface area contributed by atoms with Gasteiger partial charge in [-0.25, -0.2) is 0 Å². The Morgan fingerprint density at radius 3 is 2.50 bits per heavy atom. The number of rotatable bonds is 5. The molecule has 0 unspecified atom stereocenters. The van der Waals surface area contributed by atoms with Gasteiger partial charge in [0.1, 0.15) is 18.8 Å². The Labute approximate surface area is 91.1 Å². The van der Waals surface area contributed by atoms with Crippen molar-refractivity contribution in [2.45, 2.75) is 18.7 Å². The molecule has 82 valence electrons. The van der Waals surface area contributed by atoms with Crippen LogP contribution in [0, 0.1) is 0 Å². The Hall–Kier alpha value is 0.0900. The summed E-state index contributed by atoms with van der Waals surface area (Å²) in [6.07, 6.45) is 0.553. The number of hydrogen-bond donors (Lipinski definition) is 0. The molecule has 0 aromatic rings. The number of aldehydes is 1. The number of carbonyl (C=O) groups excluding carboxylic acids is 1. The van der Waals surface area contributed by atoms with Crippen molar-refractivity contribution in [2.24, 2.45) is 0 Å². The molecule has 1 fully saturated rings. The van der Waals surface area contributed by atoms with E-state index in [-0.39, 0.29) is 18.4 Å². The molecular formula is C7H10Cl2O5. The molecule has 1 rings (SSSR count). The number of alkyl halides is 2. The summed E-state index contributed by atoms with van der Waals surface area (Å²) in [4.78, 5) is 19.7. The molecule has 0 N–H and O–H groups in total. The van der Waals surface area contributed by atoms with Gasteiger partial charge >= 0.3 is 5.97 Å². The molecule has 0 bridgehead atoms. The summed E-state index contributed by atoms with van der Waals surface area (Å²) < 4.78 is 10.2. The van der Waals surface area contributed by atoms with Gasteiger partial charge in [-0.1, -0.05) is 0 Å². The Kier molecular flexibility index (Phi) is 4.12. The van der Waals surface area contributed by atoms with Crippen molar-refractivity contribution in [1.82, 2.24) is 0 Å². The van der Waals surface area contributed by atoms with Crippen molar-refractivity contribution in [3.8, 4) is 0 Å². The van der Waals surface area contributed by atoms with E-state index in [1.807, 2.05) is 0 Å². The van der Waals surface area contributed by atoms with E-state index < -0.39 is 11.8 Å². The lowest BCUT2D eigenvalue weighted by Gasteiger charge is -2.23. The monoisotopic (exact) mass is 244 g/mol. The third kappa shape index (κ3) is 2.56. The molecule has 0 spiro atoms. The van der Waals surface area contributed by atoms with E-state index in [1.165, 1.54) is 0 Å². The molecule has 7 heteroatoms. The first-order chi connectivity index (χ1) is 6.60. The second kappa shape index (κ2) is 4.74. The molecular weight excluding hydrogens is 235 g/mol. The predicted octanol–water partition coefficient (Wildman–Crippen LogP) is 1.03. The van der Waals surface area contributed by atoms with Crippen molar-refractivity contribution in [3.05, 3.63) is 0 Å². The second-order valence-electron chi connectivity index (χ2n) is 2.83. The fourth-order valence-corrected chi connectivity index (χ4v) is 1.14. The highest BCUT2D eigenvalue weighted by atomic mass is 35.5. The van der Waals surface area contributed by atoms with Crippen molar-refractivity contribution in [1.29, 1.82) is 0 Å². The minimum Gasteiger partial charge on any atom is -0.317 e. The fourth-order valence-electron chi connectivity index (χ4n) is 0.867. The molecule has 0 aromatic heterocycles. The van der Waals surface area contributed by atoms with E-state index in [2.05, 4.69) is 0 Å². The maximum Gasteiger partial charge on any atom is 0.329 e. The normalized spacial score (nSPS) is 37.4. The minimum absolute atomic E-state index is 0.0517. The maximum absolute atomic E-state index is 10.1. The highest BCUT2D eigenvalue weighted by molar-refractivity contribution is 6.18. The van der Waals surface area contributed by atoms with Gasteiger partial charge in [0.2, 0.25) is 5.79 Å². The summed E-state index contributed by atoms with van der Waals surface area (Å²) in [6, 6.07) is 0. The van der Waals surface area contributed by atoms with Crippen molar-refractivity contribution in [2.75, 3.05) is 18.4 Å². The number of hydrogen-bond acceptors (Lipinski definition) is 5. The highest BCUT2D eigenvalue weighted by Gasteiger charge is 2.51. The second-order valence-corrected chi connectivity index (χ2v) is 3.37. The van der Waals surface area contributed by atoms with E-state index in [0.29, 0.717) is 6.29 Å². The topological polar surface area (TPSA) is 54.0 Å². The Morgan fingerprint density at radius 1 is 1.36 bits per heavy atom. The first-order valence-corrected chi connectivity index (χ1v) is 4.93. The van der Waals surface area contributed by atoms with Crippen LogP contribution in [0.5, 0.6) is 0 Å². The number of ether oxygens (including phenoxy) is 2. The van der Waals surface area contributed by atoms with Gasteiger partial charge in [0.15, 0.2) is 0 Å². The van der Waals surface area contributed by atoms with Crippen LogP contribution in [0.25, 0.3) is 0 Å². The predicted molar refractivity (Wildman–Crippen MR) is 47.8 cm³/mol. The number of carbonyl (C=O) groups is 1. The van der Waals surface area contributed by atoms with Gasteiger partial charge < -0.3 is 9.53 Å². The zero-order valence-corrected chi connectivity index (χ0v) is 9.01. The molecule has 1 aliphatic rings. The standard InChI is InChI=1S/C7H10Cl2O5/c1-6(4-8)12-7(5-9,14-13-6)11-3-2-10/h2H,3-5H2,1H3/t6-,7+/m0/s1. The first-order valence-electron chi connectivity index (χ1n) is 3.86. The minimum atomic E-state index is -1.55. The lowest BCUT2D eigenvalue weighted by Crippen LogP contribution is -2.40. The van der Waals surface area contributed by atoms with Gasteiger partial charge in [-0.2, -0.15) is 9.78 Å². The van der Waals surface area contributed by atoms with E-state index in [4.69, 9.17) is 42.5 Å². The molecule has 0 radical (unpaired) electrons. The van der Waals surface area contributed by atoms with Crippen LogP contribution in [0.3, 0.4) is 0 Å². The van der Waals surface area contributed by atoms with E-state index >= 15 is 0 Å². The van der Waals surface area contributed by atoms with Crippen LogP contribution in [-0.4, -0.2) is 36.4 Å². The summed E-state index contributed by atoms with van der Waals surface area (Å²) in [5.74, 6) is -2.74. The van der Waals surface area contributed by atoms with Crippen LogP contribution in [0.1, 0.15) is 6.92 Å². The quantitative estimate of drug-likeness (QED) is 0.411. The zero-order valence-electron chi connectivity index (χ0n) is 7.50. The molecule has 2 atom stereocenters. The van der Waals surface area contributed by atoms with Gasteiger partial charge in [-0.15, -0.1) is 23.2 Å². The van der Waals surface area contributed by atoms with Crippen LogP contribution < -0.4 is 0 Å². The molecule has 5 nitrogen and oxygen atoms in total. The van der Waals surface area contributed by atoms with E-state index in [1.54, 1.807) is 6.92 Å². The van der Waals surface area contributed by atoms with Crippen LogP contribution in [-0.2, 0) is 24.0 Å². The molecule has 0 aliphatic carbocycles. The van der Waals surface area contributed by atoms with Gasteiger partial charge in [0.25, 0.3) is 0 Å². The smallest absolute Gasteiger partial charge is 0.317 e. The molecule has 0 aromatic carbocycles. The van der Waals surface area contributed by atoms with Crippen LogP contribution in [0.4, 0.5) is 0 Å². The summed E-state index contributed by atoms with van der Waals surface area (Å²) >= 11 is 11.1. The summed E-state index contributed by atoms with van der Waals surface area (Å²) in [5.41, 5.74) is 0. The highest BCUT2D eigenvalue weighted by Crippen LogP contribution is 2.35. The van der Waals surface area contributed by atoms with Gasteiger partial charge in [0, 0.05) is 0 Å². The molecule has 14 heavy (non-hydrogen) atoms. The van der Waals surface area contributed by atoms with Crippen LogP contribution >= 0.6 is 23.2 Å². The zero-order chi connectivity index (χ0) is 10.7. The Balaban J connectivity index is 2.60. The fraction of sp³-hybridized carbons (Fsp3) is 0.857. The third-order valence-electron chi connectivity index (χ3n) is 1.49. The average molecular weight is 245 g/mol. The summed E-state index contributed by atoms with van der Waals surface area (Å²) in [5, 5.41) is 0. The van der Waals surface area contributed by atoms with Crippen LogP contribution in [0.2, 0.25) is 0 Å². The molecule has 1 saturated heterocycles. The largest absolute Gasteiger partial charge is 0.329 e. The van der Waals surface area contributed by atoms with Gasteiger partial charge in [-0.3, -0.25) is 4.74 Å². The lowest BCUT2D eigenvalue weighted by atomic mass is 10.4. The van der Waals surface area contributed by atoms with Crippen molar-refractivity contribution < 1.29 is 24.0 Å². The number of halogens is 2. The lowest BCUT2D eigenvalue weighted by molar-refractivity contribution is -0.404. The van der Waals surface area contributed by atoms with E-state index in [0.717, 1.165) is 0 Å². The molecule has 1 heterocycles. The summed E-state index contributed by atoms with van der Waals surface area (Å²) in [7, 11) is 0. The van der Waals surface area contributed by atoms with Crippen molar-refractivity contribution >= 4 is 29.5 Å². The molecule has 0 amide bonds. The maximum atomic E-state index is 10.1.